The minimum atomic E-state index is -0.769. The lowest BCUT2D eigenvalue weighted by Gasteiger charge is -2.18. The minimum Gasteiger partial charge on any atom is -0.462 e. The normalized spacial score (nSPS) is 12.0. The van der Waals surface area contributed by atoms with Crippen LogP contribution < -0.4 is 0 Å². The maximum absolute atomic E-state index is 12.9. The molecular weight excluding hydrogens is 937 g/mol. The van der Waals surface area contributed by atoms with Gasteiger partial charge in [0, 0.05) is 19.3 Å². The van der Waals surface area contributed by atoms with E-state index in [1.807, 2.05) is 0 Å². The molecule has 0 aromatic heterocycles. The highest BCUT2D eigenvalue weighted by Gasteiger charge is 2.19. The zero-order valence-electron chi connectivity index (χ0n) is 51.8. The van der Waals surface area contributed by atoms with Gasteiger partial charge >= 0.3 is 17.9 Å². The van der Waals surface area contributed by atoms with Crippen molar-refractivity contribution in [2.45, 2.75) is 406 Å². The van der Waals surface area contributed by atoms with Gasteiger partial charge in [0.05, 0.1) is 0 Å². The summed E-state index contributed by atoms with van der Waals surface area (Å²) < 4.78 is 17.0. The molecule has 0 aliphatic heterocycles. The van der Waals surface area contributed by atoms with E-state index in [0.717, 1.165) is 64.2 Å². The Balaban J connectivity index is 4.15. The molecule has 0 amide bonds. The van der Waals surface area contributed by atoms with Crippen molar-refractivity contribution in [2.75, 3.05) is 13.2 Å². The second kappa shape index (κ2) is 65.7. The fourth-order valence-corrected chi connectivity index (χ4v) is 10.8. The van der Waals surface area contributed by atoms with Crippen molar-refractivity contribution in [3.05, 3.63) is 12.2 Å². The molecule has 1 unspecified atom stereocenters. The highest BCUT2D eigenvalue weighted by atomic mass is 16.6. The van der Waals surface area contributed by atoms with E-state index in [9.17, 15) is 14.4 Å². The maximum atomic E-state index is 12.9. The van der Waals surface area contributed by atoms with Gasteiger partial charge in [0.2, 0.25) is 0 Å². The number of rotatable bonds is 65. The molecule has 0 N–H and O–H groups in total. The van der Waals surface area contributed by atoms with Crippen molar-refractivity contribution in [1.82, 2.24) is 0 Å². The molecule has 1 atom stereocenters. The molecule has 0 spiro atoms. The predicted octanol–water partition coefficient (Wildman–Crippen LogP) is 23.6. The van der Waals surface area contributed by atoms with Gasteiger partial charge in [-0.25, -0.2) is 0 Å². The van der Waals surface area contributed by atoms with Crippen LogP contribution in [0.15, 0.2) is 12.2 Å². The summed E-state index contributed by atoms with van der Waals surface area (Å²) in [4.78, 5) is 38.3. The number of allylic oxidation sites excluding steroid dienone is 2. The van der Waals surface area contributed by atoms with Crippen LogP contribution in [0.2, 0.25) is 0 Å². The third-order valence-corrected chi connectivity index (χ3v) is 16.0. The van der Waals surface area contributed by atoms with Gasteiger partial charge in [-0.3, -0.25) is 14.4 Å². The zero-order valence-corrected chi connectivity index (χ0v) is 51.8. The van der Waals surface area contributed by atoms with Gasteiger partial charge in [-0.1, -0.05) is 348 Å². The average Bonchev–Trinajstić information content (AvgIpc) is 3.42. The summed E-state index contributed by atoms with van der Waals surface area (Å²) in [7, 11) is 0. The first-order chi connectivity index (χ1) is 37.5. The van der Waals surface area contributed by atoms with Crippen molar-refractivity contribution >= 4 is 17.9 Å². The predicted molar refractivity (Wildman–Crippen MR) is 330 cm³/mol. The standard InChI is InChI=1S/C70H134O6/c1-4-7-10-13-16-19-22-25-27-29-30-31-32-33-34-35-36-37-38-39-41-42-45-48-51-54-57-60-63-69(72)75-66-67(65-74-68(71)62-59-56-53-50-47-44-24-21-18-15-12-9-6-3)76-70(73)64-61-58-55-52-49-46-43-40-28-26-23-20-17-14-11-8-5-2/h21,24,67H,4-20,22-23,25-66H2,1-3H3/b24-21-. The third kappa shape index (κ3) is 63.0. The van der Waals surface area contributed by atoms with E-state index in [1.54, 1.807) is 0 Å². The van der Waals surface area contributed by atoms with Crippen molar-refractivity contribution in [1.29, 1.82) is 0 Å². The Kier molecular flexibility index (Phi) is 64.1. The van der Waals surface area contributed by atoms with Crippen LogP contribution in [0.1, 0.15) is 400 Å². The molecule has 0 bridgehead atoms. The molecule has 0 aromatic carbocycles. The number of esters is 3. The molecular formula is C70H134O6. The Morgan fingerprint density at radius 1 is 0.250 bits per heavy atom. The molecule has 0 saturated carbocycles. The van der Waals surface area contributed by atoms with Crippen molar-refractivity contribution < 1.29 is 28.6 Å². The Bertz CT molecular complexity index is 1180. The van der Waals surface area contributed by atoms with Gasteiger partial charge in [-0.15, -0.1) is 0 Å². The number of hydrogen-bond acceptors (Lipinski definition) is 6. The summed E-state index contributed by atoms with van der Waals surface area (Å²) in [5.41, 5.74) is 0. The van der Waals surface area contributed by atoms with Gasteiger partial charge in [0.15, 0.2) is 6.10 Å². The van der Waals surface area contributed by atoms with E-state index in [-0.39, 0.29) is 31.1 Å². The highest BCUT2D eigenvalue weighted by molar-refractivity contribution is 5.71. The molecule has 6 heteroatoms. The quantitative estimate of drug-likeness (QED) is 0.0261. The summed E-state index contributed by atoms with van der Waals surface area (Å²) in [6.45, 7) is 6.70. The fourth-order valence-electron chi connectivity index (χ4n) is 10.8. The SMILES string of the molecule is CCCCCC/C=C\CCCCCCCC(=O)OCC(COC(=O)CCCCCCCCCCCCCCCCCCCCCCCCCCCCCC)OC(=O)CCCCCCCCCCCCCCCCCCC. The van der Waals surface area contributed by atoms with Gasteiger partial charge < -0.3 is 14.2 Å². The van der Waals surface area contributed by atoms with Crippen LogP contribution in [0.3, 0.4) is 0 Å². The van der Waals surface area contributed by atoms with Crippen LogP contribution in [0.25, 0.3) is 0 Å². The van der Waals surface area contributed by atoms with Crippen LogP contribution in [0.5, 0.6) is 0 Å². The maximum Gasteiger partial charge on any atom is 0.306 e. The Morgan fingerprint density at radius 3 is 0.671 bits per heavy atom. The molecule has 0 aliphatic rings. The van der Waals surface area contributed by atoms with Crippen LogP contribution in [-0.4, -0.2) is 37.2 Å². The van der Waals surface area contributed by atoms with Crippen LogP contribution in [-0.2, 0) is 28.6 Å². The first kappa shape index (κ1) is 74.2. The number of carbonyl (C=O) groups excluding carboxylic acids is 3. The van der Waals surface area contributed by atoms with Crippen molar-refractivity contribution in [2.24, 2.45) is 0 Å². The van der Waals surface area contributed by atoms with E-state index in [4.69, 9.17) is 14.2 Å². The summed E-state index contributed by atoms with van der Waals surface area (Å²) in [5.74, 6) is -0.842. The molecule has 0 heterocycles. The summed E-state index contributed by atoms with van der Waals surface area (Å²) >= 11 is 0. The smallest absolute Gasteiger partial charge is 0.306 e. The van der Waals surface area contributed by atoms with Crippen LogP contribution >= 0.6 is 0 Å². The topological polar surface area (TPSA) is 78.9 Å². The van der Waals surface area contributed by atoms with E-state index < -0.39 is 6.10 Å². The minimum absolute atomic E-state index is 0.0658. The lowest BCUT2D eigenvalue weighted by atomic mass is 10.0. The van der Waals surface area contributed by atoms with E-state index >= 15 is 0 Å². The number of ether oxygens (including phenoxy) is 3. The average molecular weight is 1070 g/mol. The second-order valence-corrected chi connectivity index (χ2v) is 23.8. The summed E-state index contributed by atoms with van der Waals surface area (Å²) in [6.07, 6.45) is 78.2. The number of unbranched alkanes of at least 4 members (excludes halogenated alkanes) is 52. The van der Waals surface area contributed by atoms with Gasteiger partial charge in [0.25, 0.3) is 0 Å². The zero-order chi connectivity index (χ0) is 55.0. The molecule has 0 fully saturated rings. The first-order valence-electron chi connectivity index (χ1n) is 34.7. The molecule has 0 radical (unpaired) electrons. The molecule has 0 aromatic rings. The summed E-state index contributed by atoms with van der Waals surface area (Å²) in [5, 5.41) is 0. The summed E-state index contributed by atoms with van der Waals surface area (Å²) in [6, 6.07) is 0. The molecule has 0 rings (SSSR count). The molecule has 76 heavy (non-hydrogen) atoms. The molecule has 6 nitrogen and oxygen atoms in total. The van der Waals surface area contributed by atoms with E-state index in [1.165, 1.54) is 295 Å². The largest absolute Gasteiger partial charge is 0.462 e. The number of hydrogen-bond donors (Lipinski definition) is 0. The lowest BCUT2D eigenvalue weighted by Crippen LogP contribution is -2.30. The van der Waals surface area contributed by atoms with E-state index in [0.29, 0.717) is 19.3 Å². The second-order valence-electron chi connectivity index (χ2n) is 23.8. The number of carbonyl (C=O) groups is 3. The third-order valence-electron chi connectivity index (χ3n) is 16.0. The molecule has 0 aliphatic carbocycles. The Morgan fingerprint density at radius 2 is 0.434 bits per heavy atom. The lowest BCUT2D eigenvalue weighted by molar-refractivity contribution is -0.167. The van der Waals surface area contributed by atoms with Crippen LogP contribution in [0.4, 0.5) is 0 Å². The van der Waals surface area contributed by atoms with Crippen molar-refractivity contribution in [3.63, 3.8) is 0 Å². The Hall–Kier alpha value is -1.85. The van der Waals surface area contributed by atoms with E-state index in [2.05, 4.69) is 32.9 Å². The molecule has 0 saturated heterocycles. The monoisotopic (exact) mass is 1070 g/mol. The van der Waals surface area contributed by atoms with Gasteiger partial charge in [-0.2, -0.15) is 0 Å². The Labute approximate surface area is 475 Å². The van der Waals surface area contributed by atoms with Crippen molar-refractivity contribution in [3.8, 4) is 0 Å². The molecule has 450 valence electrons. The fraction of sp³-hybridized carbons (Fsp3) is 0.929. The van der Waals surface area contributed by atoms with Gasteiger partial charge in [-0.05, 0) is 44.9 Å². The van der Waals surface area contributed by atoms with Gasteiger partial charge in [0.1, 0.15) is 13.2 Å². The highest BCUT2D eigenvalue weighted by Crippen LogP contribution is 2.19. The first-order valence-corrected chi connectivity index (χ1v) is 34.7. The van der Waals surface area contributed by atoms with Crippen LogP contribution in [0, 0.1) is 0 Å².